The number of carbonyl (C=O) groups is 2. The number of rotatable bonds is 6. The van der Waals surface area contributed by atoms with Crippen LogP contribution in [-0.2, 0) is 0 Å². The van der Waals surface area contributed by atoms with Crippen LogP contribution < -0.4 is 5.43 Å². The summed E-state index contributed by atoms with van der Waals surface area (Å²) in [6.45, 7) is 1.87. The Bertz CT molecular complexity index is 964. The van der Waals surface area contributed by atoms with Gasteiger partial charge in [-0.1, -0.05) is 78.9 Å². The van der Waals surface area contributed by atoms with Crippen molar-refractivity contribution in [3.63, 3.8) is 0 Å². The van der Waals surface area contributed by atoms with Crippen molar-refractivity contribution in [1.29, 1.82) is 0 Å². The van der Waals surface area contributed by atoms with E-state index >= 15 is 0 Å². The van der Waals surface area contributed by atoms with Crippen molar-refractivity contribution in [2.24, 2.45) is 5.10 Å². The van der Waals surface area contributed by atoms with Crippen molar-refractivity contribution in [1.82, 2.24) is 5.43 Å². The Labute approximate surface area is 158 Å². The maximum absolute atomic E-state index is 12.6. The van der Waals surface area contributed by atoms with E-state index in [1.54, 1.807) is 18.2 Å². The number of nitrogens with one attached hydrogen (secondary N) is 1. The Morgan fingerprint density at radius 3 is 1.96 bits per heavy atom. The van der Waals surface area contributed by atoms with E-state index in [9.17, 15) is 9.59 Å². The van der Waals surface area contributed by atoms with E-state index in [0.29, 0.717) is 16.8 Å². The Hall–Kier alpha value is -3.53. The molecule has 0 spiro atoms. The van der Waals surface area contributed by atoms with Crippen molar-refractivity contribution in [2.45, 2.75) is 13.3 Å². The van der Waals surface area contributed by atoms with Crippen molar-refractivity contribution in [3.8, 4) is 0 Å². The molecule has 0 aliphatic rings. The van der Waals surface area contributed by atoms with Gasteiger partial charge in [-0.3, -0.25) is 9.59 Å². The van der Waals surface area contributed by atoms with Gasteiger partial charge in [-0.25, -0.2) is 5.43 Å². The van der Waals surface area contributed by atoms with Gasteiger partial charge >= 0.3 is 0 Å². The van der Waals surface area contributed by atoms with Gasteiger partial charge < -0.3 is 0 Å². The van der Waals surface area contributed by atoms with Crippen LogP contribution in [0.4, 0.5) is 0 Å². The van der Waals surface area contributed by atoms with Gasteiger partial charge in [-0.05, 0) is 24.1 Å². The van der Waals surface area contributed by atoms with E-state index < -0.39 is 0 Å². The van der Waals surface area contributed by atoms with E-state index in [-0.39, 0.29) is 18.1 Å². The fourth-order valence-electron chi connectivity index (χ4n) is 2.72. The first kappa shape index (κ1) is 18.3. The number of hydrazone groups is 1. The van der Waals surface area contributed by atoms with Gasteiger partial charge in [0.1, 0.15) is 0 Å². The normalized spacial score (nSPS) is 11.1. The van der Waals surface area contributed by atoms with Crippen LogP contribution in [0.5, 0.6) is 0 Å². The van der Waals surface area contributed by atoms with Crippen LogP contribution >= 0.6 is 0 Å². The molecule has 0 saturated heterocycles. The predicted octanol–water partition coefficient (Wildman–Crippen LogP) is 4.40. The lowest BCUT2D eigenvalue weighted by molar-refractivity contribution is 0.0950. The molecule has 0 bridgehead atoms. The summed E-state index contributed by atoms with van der Waals surface area (Å²) < 4.78 is 0. The van der Waals surface area contributed by atoms with Gasteiger partial charge in [0.25, 0.3) is 5.91 Å². The van der Waals surface area contributed by atoms with Gasteiger partial charge in [-0.15, -0.1) is 0 Å². The third-order valence-corrected chi connectivity index (χ3v) is 4.21. The zero-order valence-corrected chi connectivity index (χ0v) is 15.1. The topological polar surface area (TPSA) is 58.5 Å². The molecule has 0 radical (unpaired) electrons. The summed E-state index contributed by atoms with van der Waals surface area (Å²) in [6, 6.07) is 25.8. The molecule has 0 atom stereocenters. The first-order valence-electron chi connectivity index (χ1n) is 8.71. The van der Waals surface area contributed by atoms with E-state index in [0.717, 1.165) is 11.1 Å². The molecule has 0 fully saturated rings. The summed E-state index contributed by atoms with van der Waals surface area (Å²) in [5, 5.41) is 4.27. The summed E-state index contributed by atoms with van der Waals surface area (Å²) in [5.41, 5.74) is 5.95. The average molecular weight is 356 g/mol. The molecular weight excluding hydrogens is 336 g/mol. The summed E-state index contributed by atoms with van der Waals surface area (Å²) in [4.78, 5) is 25.1. The number of carbonyl (C=O) groups excluding carboxylic acids is 2. The highest BCUT2D eigenvalue weighted by atomic mass is 16.2. The van der Waals surface area contributed by atoms with Crippen molar-refractivity contribution in [3.05, 3.63) is 107 Å². The van der Waals surface area contributed by atoms with Gasteiger partial charge in [0, 0.05) is 11.1 Å². The second-order valence-electron chi connectivity index (χ2n) is 6.15. The lowest BCUT2D eigenvalue weighted by Gasteiger charge is -2.08. The molecule has 0 aromatic heterocycles. The number of nitrogens with zero attached hydrogens (tertiary/aromatic N) is 1. The zero-order valence-electron chi connectivity index (χ0n) is 15.1. The maximum atomic E-state index is 12.6. The third-order valence-electron chi connectivity index (χ3n) is 4.21. The minimum Gasteiger partial charge on any atom is -0.294 e. The van der Waals surface area contributed by atoms with Crippen LogP contribution in [0.15, 0.2) is 90.0 Å². The molecule has 0 unspecified atom stereocenters. The van der Waals surface area contributed by atoms with Crippen molar-refractivity contribution < 1.29 is 9.59 Å². The van der Waals surface area contributed by atoms with Gasteiger partial charge in [0.2, 0.25) is 0 Å². The lowest BCUT2D eigenvalue weighted by Crippen LogP contribution is -2.22. The van der Waals surface area contributed by atoms with E-state index in [2.05, 4.69) is 10.5 Å². The van der Waals surface area contributed by atoms with E-state index in [1.807, 2.05) is 73.7 Å². The fourth-order valence-corrected chi connectivity index (χ4v) is 2.72. The smallest absolute Gasteiger partial charge is 0.271 e. The van der Waals surface area contributed by atoms with Crippen LogP contribution in [0.2, 0.25) is 0 Å². The zero-order chi connectivity index (χ0) is 19.1. The largest absolute Gasteiger partial charge is 0.294 e. The lowest BCUT2D eigenvalue weighted by atomic mass is 10.0. The summed E-state index contributed by atoms with van der Waals surface area (Å²) in [7, 11) is 0. The molecule has 1 amide bonds. The van der Waals surface area contributed by atoms with Crippen LogP contribution in [0.25, 0.3) is 0 Å². The molecule has 0 saturated carbocycles. The van der Waals surface area contributed by atoms with Crippen molar-refractivity contribution >= 4 is 17.4 Å². The molecule has 4 heteroatoms. The second kappa shape index (κ2) is 8.72. The average Bonchev–Trinajstić information content (AvgIpc) is 2.72. The number of hydrogen-bond donors (Lipinski definition) is 1. The van der Waals surface area contributed by atoms with Gasteiger partial charge in [-0.2, -0.15) is 5.10 Å². The van der Waals surface area contributed by atoms with Crippen LogP contribution in [0, 0.1) is 6.92 Å². The van der Waals surface area contributed by atoms with E-state index in [4.69, 9.17) is 0 Å². The molecule has 1 N–H and O–H groups in total. The summed E-state index contributed by atoms with van der Waals surface area (Å²) in [6.07, 6.45) is 0.0993. The van der Waals surface area contributed by atoms with E-state index in [1.165, 1.54) is 0 Å². The van der Waals surface area contributed by atoms with Crippen molar-refractivity contribution in [2.75, 3.05) is 0 Å². The number of hydrogen-bond acceptors (Lipinski definition) is 3. The maximum Gasteiger partial charge on any atom is 0.271 e. The highest BCUT2D eigenvalue weighted by Gasteiger charge is 2.13. The number of aryl methyl sites for hydroxylation is 1. The Kier molecular flexibility index (Phi) is 5.90. The monoisotopic (exact) mass is 356 g/mol. The molecule has 3 rings (SSSR count). The molecule has 3 aromatic carbocycles. The highest BCUT2D eigenvalue weighted by molar-refractivity contribution is 6.16. The quantitative estimate of drug-likeness (QED) is 0.404. The number of Topliss-reactive ketones (excluding diaryl/α,β-unsaturated/α-hetero) is 1. The molecule has 0 aliphatic heterocycles. The summed E-state index contributed by atoms with van der Waals surface area (Å²) >= 11 is 0. The number of benzene rings is 3. The first-order chi connectivity index (χ1) is 13.1. The molecule has 3 aromatic rings. The van der Waals surface area contributed by atoms with Gasteiger partial charge in [0.15, 0.2) is 5.78 Å². The molecule has 4 nitrogen and oxygen atoms in total. The van der Waals surface area contributed by atoms with Crippen LogP contribution in [-0.4, -0.2) is 17.4 Å². The Morgan fingerprint density at radius 1 is 0.778 bits per heavy atom. The van der Waals surface area contributed by atoms with Gasteiger partial charge in [0.05, 0.1) is 12.1 Å². The first-order valence-corrected chi connectivity index (χ1v) is 8.71. The number of amides is 1. The molecule has 27 heavy (non-hydrogen) atoms. The summed E-state index contributed by atoms with van der Waals surface area (Å²) in [5.74, 6) is -0.350. The minimum atomic E-state index is -0.298. The van der Waals surface area contributed by atoms with Crippen LogP contribution in [0.1, 0.15) is 38.3 Å². The minimum absolute atomic E-state index is 0.0525. The predicted molar refractivity (Wildman–Crippen MR) is 107 cm³/mol. The third kappa shape index (κ3) is 4.76. The molecule has 0 heterocycles. The number of ketones is 1. The Balaban J connectivity index is 1.84. The molecule has 0 aliphatic carbocycles. The molecular formula is C23H20N2O2. The Morgan fingerprint density at radius 2 is 1.33 bits per heavy atom. The second-order valence-corrected chi connectivity index (χ2v) is 6.15. The highest BCUT2D eigenvalue weighted by Crippen LogP contribution is 2.11. The van der Waals surface area contributed by atoms with Crippen LogP contribution in [0.3, 0.4) is 0 Å². The molecule has 134 valence electrons. The SMILES string of the molecule is Cc1ccccc1C(=O)N/N=C(\CC(=O)c1ccccc1)c1ccccc1. The fraction of sp³-hybridized carbons (Fsp3) is 0.0870. The standard InChI is InChI=1S/C23H20N2O2/c1-17-10-8-9-15-20(17)23(27)25-24-21(18-11-4-2-5-12-18)16-22(26)19-13-6-3-7-14-19/h2-15H,16H2,1H3,(H,25,27)/b24-21+.